The maximum absolute atomic E-state index is 9.81. The number of nitrogens with zero attached hydrogens (tertiary/aromatic N) is 2. The van der Waals surface area contributed by atoms with E-state index in [0.29, 0.717) is 5.92 Å². The highest BCUT2D eigenvalue weighted by molar-refractivity contribution is 5.48. The van der Waals surface area contributed by atoms with Crippen molar-refractivity contribution in [2.45, 2.75) is 25.9 Å². The van der Waals surface area contributed by atoms with Gasteiger partial charge in [-0.1, -0.05) is 6.07 Å². The molecule has 100 valence electrons. The Morgan fingerprint density at radius 2 is 2.44 bits per heavy atom. The summed E-state index contributed by atoms with van der Waals surface area (Å²) in [5.74, 6) is 1.49. The Balaban J connectivity index is 2.15. The van der Waals surface area contributed by atoms with E-state index in [0.717, 1.165) is 37.5 Å². The quantitative estimate of drug-likeness (QED) is 0.887. The van der Waals surface area contributed by atoms with E-state index in [2.05, 4.69) is 9.88 Å². The van der Waals surface area contributed by atoms with E-state index in [1.165, 1.54) is 6.42 Å². The van der Waals surface area contributed by atoms with Crippen molar-refractivity contribution in [2.24, 2.45) is 5.92 Å². The third-order valence-corrected chi connectivity index (χ3v) is 3.49. The van der Waals surface area contributed by atoms with E-state index >= 15 is 0 Å². The van der Waals surface area contributed by atoms with Gasteiger partial charge in [0.15, 0.2) is 0 Å². The van der Waals surface area contributed by atoms with Crippen LogP contribution in [0.3, 0.4) is 0 Å². The number of aromatic nitrogens is 1. The second-order valence-electron chi connectivity index (χ2n) is 5.00. The number of ether oxygens (including phenoxy) is 1. The molecule has 1 aromatic rings. The Labute approximate surface area is 109 Å². The van der Waals surface area contributed by atoms with Crippen LogP contribution >= 0.6 is 0 Å². The summed E-state index contributed by atoms with van der Waals surface area (Å²) in [6, 6.07) is 3.83. The van der Waals surface area contributed by atoms with E-state index in [-0.39, 0.29) is 0 Å². The summed E-state index contributed by atoms with van der Waals surface area (Å²) in [6.45, 7) is 4.56. The maximum atomic E-state index is 9.81. The first-order valence-electron chi connectivity index (χ1n) is 6.59. The highest BCUT2D eigenvalue weighted by Crippen LogP contribution is 2.27. The number of pyridine rings is 1. The summed E-state index contributed by atoms with van der Waals surface area (Å²) in [5.41, 5.74) is 0.913. The van der Waals surface area contributed by atoms with Crippen LogP contribution in [0.5, 0.6) is 0 Å². The fourth-order valence-electron chi connectivity index (χ4n) is 2.63. The van der Waals surface area contributed by atoms with E-state index in [1.807, 2.05) is 12.1 Å². The zero-order chi connectivity index (χ0) is 13.0. The normalized spacial score (nSPS) is 21.9. The Hall–Kier alpha value is -1.13. The van der Waals surface area contributed by atoms with Gasteiger partial charge in [0.2, 0.25) is 0 Å². The minimum atomic E-state index is -0.475. The number of aliphatic hydroxyl groups is 1. The molecular formula is C14H22N2O2. The summed E-state index contributed by atoms with van der Waals surface area (Å²) in [6.07, 6.45) is 3.68. The number of piperidine rings is 1. The lowest BCUT2D eigenvalue weighted by Gasteiger charge is -2.34. The van der Waals surface area contributed by atoms with Gasteiger partial charge in [0.25, 0.3) is 0 Å². The molecule has 1 aliphatic rings. The molecule has 4 heteroatoms. The van der Waals surface area contributed by atoms with Gasteiger partial charge < -0.3 is 14.7 Å². The van der Waals surface area contributed by atoms with Gasteiger partial charge >= 0.3 is 0 Å². The first-order valence-corrected chi connectivity index (χ1v) is 6.59. The lowest BCUT2D eigenvalue weighted by atomic mass is 9.98. The van der Waals surface area contributed by atoms with Crippen LogP contribution in [-0.4, -0.2) is 36.9 Å². The molecule has 0 spiro atoms. The van der Waals surface area contributed by atoms with Crippen molar-refractivity contribution in [1.29, 1.82) is 0 Å². The second-order valence-corrected chi connectivity index (χ2v) is 5.00. The van der Waals surface area contributed by atoms with Gasteiger partial charge in [-0.2, -0.15) is 0 Å². The molecule has 1 N–H and O–H groups in total. The van der Waals surface area contributed by atoms with Crippen molar-refractivity contribution >= 4 is 5.82 Å². The van der Waals surface area contributed by atoms with Crippen LogP contribution in [0, 0.1) is 5.92 Å². The monoisotopic (exact) mass is 250 g/mol. The molecule has 0 radical (unpaired) electrons. The Morgan fingerprint density at radius 1 is 1.61 bits per heavy atom. The van der Waals surface area contributed by atoms with Crippen LogP contribution in [0.4, 0.5) is 5.82 Å². The highest BCUT2D eigenvalue weighted by Gasteiger charge is 2.23. The van der Waals surface area contributed by atoms with Crippen molar-refractivity contribution in [3.8, 4) is 0 Å². The van der Waals surface area contributed by atoms with E-state index in [1.54, 1.807) is 20.2 Å². The van der Waals surface area contributed by atoms with Crippen LogP contribution in [-0.2, 0) is 4.74 Å². The zero-order valence-electron chi connectivity index (χ0n) is 11.2. The molecule has 0 saturated carbocycles. The minimum Gasteiger partial charge on any atom is -0.389 e. The summed E-state index contributed by atoms with van der Waals surface area (Å²) in [4.78, 5) is 6.72. The Bertz CT molecular complexity index is 380. The molecule has 1 aliphatic heterocycles. The third-order valence-electron chi connectivity index (χ3n) is 3.49. The van der Waals surface area contributed by atoms with Crippen molar-refractivity contribution in [1.82, 2.24) is 4.98 Å². The molecule has 0 amide bonds. The van der Waals surface area contributed by atoms with Gasteiger partial charge in [0.1, 0.15) is 5.82 Å². The van der Waals surface area contributed by atoms with Crippen LogP contribution in [0.1, 0.15) is 31.4 Å². The van der Waals surface area contributed by atoms with E-state index in [9.17, 15) is 5.11 Å². The molecule has 2 rings (SSSR count). The number of methoxy groups -OCH3 is 1. The lowest BCUT2D eigenvalue weighted by Crippen LogP contribution is -2.38. The van der Waals surface area contributed by atoms with Crippen molar-refractivity contribution in [3.63, 3.8) is 0 Å². The van der Waals surface area contributed by atoms with Crippen LogP contribution in [0.2, 0.25) is 0 Å². The Kier molecular flexibility index (Phi) is 4.55. The maximum Gasteiger partial charge on any atom is 0.134 e. The molecular weight excluding hydrogens is 228 g/mol. The first kappa shape index (κ1) is 13.3. The molecule has 2 heterocycles. The molecule has 1 saturated heterocycles. The second kappa shape index (κ2) is 6.16. The van der Waals surface area contributed by atoms with Crippen molar-refractivity contribution in [2.75, 3.05) is 31.7 Å². The van der Waals surface area contributed by atoms with Crippen molar-refractivity contribution < 1.29 is 9.84 Å². The molecule has 0 bridgehead atoms. The van der Waals surface area contributed by atoms with Gasteiger partial charge in [-0.05, 0) is 31.7 Å². The molecule has 18 heavy (non-hydrogen) atoms. The van der Waals surface area contributed by atoms with Crippen LogP contribution in [0.25, 0.3) is 0 Å². The fraction of sp³-hybridized carbons (Fsp3) is 0.643. The average molecular weight is 250 g/mol. The number of hydrogen-bond donors (Lipinski definition) is 1. The molecule has 0 aliphatic carbocycles. The van der Waals surface area contributed by atoms with Gasteiger partial charge in [-0.25, -0.2) is 4.98 Å². The lowest BCUT2D eigenvalue weighted by molar-refractivity contribution is 0.142. The topological polar surface area (TPSA) is 45.6 Å². The smallest absolute Gasteiger partial charge is 0.134 e. The molecule has 1 unspecified atom stereocenters. The summed E-state index contributed by atoms with van der Waals surface area (Å²) in [7, 11) is 1.75. The first-order chi connectivity index (χ1) is 8.72. The molecule has 4 nitrogen and oxygen atoms in total. The summed E-state index contributed by atoms with van der Waals surface area (Å²) >= 11 is 0. The highest BCUT2D eigenvalue weighted by atomic mass is 16.5. The van der Waals surface area contributed by atoms with Gasteiger partial charge in [-0.3, -0.25) is 0 Å². The minimum absolute atomic E-state index is 0.475. The molecule has 1 fully saturated rings. The average Bonchev–Trinajstić information content (AvgIpc) is 2.39. The van der Waals surface area contributed by atoms with Crippen LogP contribution in [0.15, 0.2) is 18.3 Å². The largest absolute Gasteiger partial charge is 0.389 e. The van der Waals surface area contributed by atoms with Gasteiger partial charge in [0.05, 0.1) is 12.7 Å². The van der Waals surface area contributed by atoms with E-state index in [4.69, 9.17) is 4.74 Å². The van der Waals surface area contributed by atoms with Gasteiger partial charge in [0, 0.05) is 32.0 Å². The third kappa shape index (κ3) is 3.00. The predicted octanol–water partition coefficient (Wildman–Crippen LogP) is 2.00. The predicted molar refractivity (Wildman–Crippen MR) is 71.7 cm³/mol. The molecule has 1 aromatic heterocycles. The standard InChI is InChI=1S/C14H22N2O2/c1-11(17)13-6-3-7-15-14(13)16-8-4-5-12(9-16)10-18-2/h3,6-7,11-12,17H,4-5,8-10H2,1-2H3/t11-,12?/m1/s1. The van der Waals surface area contributed by atoms with Crippen LogP contribution < -0.4 is 4.90 Å². The summed E-state index contributed by atoms with van der Waals surface area (Å²) < 4.78 is 5.25. The SMILES string of the molecule is COCC1CCCN(c2ncccc2[C@@H](C)O)C1. The fourth-order valence-corrected chi connectivity index (χ4v) is 2.63. The number of anilines is 1. The summed E-state index contributed by atoms with van der Waals surface area (Å²) in [5, 5.41) is 9.81. The Morgan fingerprint density at radius 3 is 3.17 bits per heavy atom. The van der Waals surface area contributed by atoms with E-state index < -0.39 is 6.10 Å². The number of rotatable bonds is 4. The van der Waals surface area contributed by atoms with Crippen molar-refractivity contribution in [3.05, 3.63) is 23.9 Å². The molecule has 0 aromatic carbocycles. The zero-order valence-corrected chi connectivity index (χ0v) is 11.2. The van der Waals surface area contributed by atoms with Gasteiger partial charge in [-0.15, -0.1) is 0 Å². The number of aliphatic hydroxyl groups excluding tert-OH is 1. The molecule has 2 atom stereocenters. The number of hydrogen-bond acceptors (Lipinski definition) is 4.